The van der Waals surface area contributed by atoms with Crippen molar-refractivity contribution in [2.75, 3.05) is 12.4 Å². The molecule has 0 fully saturated rings. The Hall–Kier alpha value is -1.26. The summed E-state index contributed by atoms with van der Waals surface area (Å²) in [5.74, 6) is 0.417. The van der Waals surface area contributed by atoms with E-state index in [0.29, 0.717) is 5.75 Å². The molecule has 0 aliphatic carbocycles. The van der Waals surface area contributed by atoms with Gasteiger partial charge in [-0.15, -0.1) is 12.4 Å². The maximum absolute atomic E-state index is 11.7. The van der Waals surface area contributed by atoms with Crippen molar-refractivity contribution >= 4 is 24.0 Å². The Morgan fingerprint density at radius 3 is 2.59 bits per heavy atom. The molecular formula is C12H19ClN2O2. The summed E-state index contributed by atoms with van der Waals surface area (Å²) in [7, 11) is 1.59. The second kappa shape index (κ2) is 7.14. The summed E-state index contributed by atoms with van der Waals surface area (Å²) in [5.41, 5.74) is 6.38. The Kier molecular flexibility index (Phi) is 6.61. The van der Waals surface area contributed by atoms with Crippen molar-refractivity contribution in [2.45, 2.75) is 19.9 Å². The molecule has 0 aliphatic rings. The highest BCUT2D eigenvalue weighted by Gasteiger charge is 2.16. The van der Waals surface area contributed by atoms with Gasteiger partial charge in [-0.3, -0.25) is 4.79 Å². The molecule has 0 heterocycles. The molecule has 2 unspecified atom stereocenters. The van der Waals surface area contributed by atoms with Crippen LogP contribution in [0.5, 0.6) is 5.75 Å². The van der Waals surface area contributed by atoms with E-state index in [1.165, 1.54) is 0 Å². The number of carbonyl (C=O) groups is 1. The summed E-state index contributed by atoms with van der Waals surface area (Å²) in [4.78, 5) is 11.7. The Balaban J connectivity index is 0.00000256. The Bertz CT molecular complexity index is 369. The lowest BCUT2D eigenvalue weighted by Crippen LogP contribution is -2.34. The summed E-state index contributed by atoms with van der Waals surface area (Å²) < 4.78 is 5.07. The van der Waals surface area contributed by atoms with Crippen LogP contribution >= 0.6 is 12.4 Å². The Labute approximate surface area is 108 Å². The number of methoxy groups -OCH3 is 1. The van der Waals surface area contributed by atoms with Gasteiger partial charge in [0.05, 0.1) is 13.0 Å². The fraction of sp³-hybridized carbons (Fsp3) is 0.417. The van der Waals surface area contributed by atoms with Crippen molar-refractivity contribution in [3.63, 3.8) is 0 Å². The van der Waals surface area contributed by atoms with Crippen molar-refractivity contribution in [1.82, 2.24) is 0 Å². The molecule has 0 bridgehead atoms. The van der Waals surface area contributed by atoms with Crippen molar-refractivity contribution in [3.05, 3.63) is 24.3 Å². The highest BCUT2D eigenvalue weighted by atomic mass is 35.5. The number of halogens is 1. The third-order valence-corrected chi connectivity index (χ3v) is 2.54. The number of amides is 1. The normalized spacial score (nSPS) is 13.2. The third kappa shape index (κ3) is 4.63. The number of hydrogen-bond acceptors (Lipinski definition) is 3. The van der Waals surface area contributed by atoms with Gasteiger partial charge in [-0.2, -0.15) is 0 Å². The SMILES string of the molecule is COc1cccc(NC(=O)C(C)C(C)N)c1.Cl. The van der Waals surface area contributed by atoms with Gasteiger partial charge >= 0.3 is 0 Å². The van der Waals surface area contributed by atoms with Crippen LogP contribution in [0, 0.1) is 5.92 Å². The number of carbonyl (C=O) groups excluding carboxylic acids is 1. The molecule has 5 heteroatoms. The highest BCUT2D eigenvalue weighted by molar-refractivity contribution is 5.92. The first-order valence-corrected chi connectivity index (χ1v) is 5.25. The number of hydrogen-bond donors (Lipinski definition) is 2. The second-order valence-electron chi connectivity index (χ2n) is 3.87. The van der Waals surface area contributed by atoms with Crippen LogP contribution in [0.1, 0.15) is 13.8 Å². The van der Waals surface area contributed by atoms with E-state index in [0.717, 1.165) is 5.69 Å². The van der Waals surface area contributed by atoms with Crippen molar-refractivity contribution in [2.24, 2.45) is 11.7 Å². The zero-order valence-corrected chi connectivity index (χ0v) is 11.1. The lowest BCUT2D eigenvalue weighted by molar-refractivity contribution is -0.119. The molecule has 17 heavy (non-hydrogen) atoms. The molecule has 1 aromatic carbocycles. The molecule has 1 aromatic rings. The average Bonchev–Trinajstić information content (AvgIpc) is 2.28. The molecule has 2 atom stereocenters. The van der Waals surface area contributed by atoms with Crippen LogP contribution in [-0.4, -0.2) is 19.1 Å². The van der Waals surface area contributed by atoms with Crippen LogP contribution < -0.4 is 15.8 Å². The molecule has 4 nitrogen and oxygen atoms in total. The van der Waals surface area contributed by atoms with Gasteiger partial charge in [-0.1, -0.05) is 13.0 Å². The zero-order valence-electron chi connectivity index (χ0n) is 10.3. The number of rotatable bonds is 4. The van der Waals surface area contributed by atoms with E-state index in [9.17, 15) is 4.79 Å². The molecule has 0 spiro atoms. The standard InChI is InChI=1S/C12H18N2O2.ClH/c1-8(9(2)13)12(15)14-10-5-4-6-11(7-10)16-3;/h4-9H,13H2,1-3H3,(H,14,15);1H. The van der Waals surface area contributed by atoms with Gasteiger partial charge in [-0.25, -0.2) is 0 Å². The zero-order chi connectivity index (χ0) is 12.1. The van der Waals surface area contributed by atoms with E-state index >= 15 is 0 Å². The van der Waals surface area contributed by atoms with E-state index < -0.39 is 0 Å². The average molecular weight is 259 g/mol. The minimum Gasteiger partial charge on any atom is -0.497 e. The Morgan fingerprint density at radius 1 is 1.41 bits per heavy atom. The van der Waals surface area contributed by atoms with Gasteiger partial charge in [-0.05, 0) is 19.1 Å². The van der Waals surface area contributed by atoms with Crippen LogP contribution in [-0.2, 0) is 4.79 Å². The smallest absolute Gasteiger partial charge is 0.228 e. The molecule has 0 saturated carbocycles. The molecule has 96 valence electrons. The van der Waals surface area contributed by atoms with Gasteiger partial charge in [0.25, 0.3) is 0 Å². The monoisotopic (exact) mass is 258 g/mol. The first kappa shape index (κ1) is 15.7. The Morgan fingerprint density at radius 2 is 2.06 bits per heavy atom. The lowest BCUT2D eigenvalue weighted by atomic mass is 10.0. The van der Waals surface area contributed by atoms with E-state index in [4.69, 9.17) is 10.5 Å². The molecule has 0 aliphatic heterocycles. The maximum atomic E-state index is 11.7. The van der Waals surface area contributed by atoms with Gasteiger partial charge in [0.2, 0.25) is 5.91 Å². The minimum absolute atomic E-state index is 0. The predicted octanol–water partition coefficient (Wildman–Crippen LogP) is 2.04. The number of anilines is 1. The minimum atomic E-state index is -0.216. The number of benzene rings is 1. The first-order valence-electron chi connectivity index (χ1n) is 5.25. The van der Waals surface area contributed by atoms with Crippen molar-refractivity contribution in [3.8, 4) is 5.75 Å². The number of nitrogens with one attached hydrogen (secondary N) is 1. The summed E-state index contributed by atoms with van der Waals surface area (Å²) in [6.45, 7) is 3.62. The van der Waals surface area contributed by atoms with Gasteiger partial charge in [0, 0.05) is 17.8 Å². The van der Waals surface area contributed by atoms with E-state index in [1.807, 2.05) is 25.1 Å². The number of nitrogens with two attached hydrogens (primary N) is 1. The quantitative estimate of drug-likeness (QED) is 0.869. The molecule has 1 amide bonds. The summed E-state index contributed by atoms with van der Waals surface area (Å²) in [6, 6.07) is 7.07. The van der Waals surface area contributed by atoms with Crippen LogP contribution in [0.3, 0.4) is 0 Å². The molecule has 3 N–H and O–H groups in total. The number of ether oxygens (including phenoxy) is 1. The summed E-state index contributed by atoms with van der Waals surface area (Å²) >= 11 is 0. The van der Waals surface area contributed by atoms with Crippen molar-refractivity contribution in [1.29, 1.82) is 0 Å². The van der Waals surface area contributed by atoms with Gasteiger partial charge < -0.3 is 15.8 Å². The third-order valence-electron chi connectivity index (χ3n) is 2.54. The summed E-state index contributed by atoms with van der Waals surface area (Å²) in [5, 5.41) is 2.80. The highest BCUT2D eigenvalue weighted by Crippen LogP contribution is 2.17. The molecule has 0 aromatic heterocycles. The summed E-state index contributed by atoms with van der Waals surface area (Å²) in [6.07, 6.45) is 0. The van der Waals surface area contributed by atoms with Crippen molar-refractivity contribution < 1.29 is 9.53 Å². The van der Waals surface area contributed by atoms with Crippen LogP contribution in [0.25, 0.3) is 0 Å². The van der Waals surface area contributed by atoms with Gasteiger partial charge in [0.15, 0.2) is 0 Å². The maximum Gasteiger partial charge on any atom is 0.228 e. The molecule has 0 radical (unpaired) electrons. The first-order chi connectivity index (χ1) is 7.54. The van der Waals surface area contributed by atoms with E-state index in [1.54, 1.807) is 20.1 Å². The predicted molar refractivity (Wildman–Crippen MR) is 71.7 cm³/mol. The molecule has 1 rings (SSSR count). The molecular weight excluding hydrogens is 240 g/mol. The largest absolute Gasteiger partial charge is 0.497 e. The topological polar surface area (TPSA) is 64.3 Å². The van der Waals surface area contributed by atoms with Gasteiger partial charge in [0.1, 0.15) is 5.75 Å². The van der Waals surface area contributed by atoms with Crippen LogP contribution in [0.15, 0.2) is 24.3 Å². The van der Waals surface area contributed by atoms with E-state index in [-0.39, 0.29) is 30.3 Å². The van der Waals surface area contributed by atoms with Crippen LogP contribution in [0.4, 0.5) is 5.69 Å². The van der Waals surface area contributed by atoms with Crippen LogP contribution in [0.2, 0.25) is 0 Å². The second-order valence-corrected chi connectivity index (χ2v) is 3.87. The fourth-order valence-electron chi connectivity index (χ4n) is 1.20. The van der Waals surface area contributed by atoms with E-state index in [2.05, 4.69) is 5.32 Å². The lowest BCUT2D eigenvalue weighted by Gasteiger charge is -2.15. The molecule has 0 saturated heterocycles. The fourth-order valence-corrected chi connectivity index (χ4v) is 1.20.